The van der Waals surface area contributed by atoms with E-state index in [4.69, 9.17) is 5.73 Å². The van der Waals surface area contributed by atoms with Gasteiger partial charge in [-0.1, -0.05) is 6.07 Å². The number of carbonyl (C=O) groups is 1. The number of aromatic nitrogens is 1. The topological polar surface area (TPSA) is 59.2 Å². The van der Waals surface area contributed by atoms with E-state index in [1.165, 1.54) is 0 Å². The van der Waals surface area contributed by atoms with Crippen LogP contribution >= 0.6 is 0 Å². The fraction of sp³-hybridized carbons (Fsp3) is 0.500. The monoisotopic (exact) mass is 221 g/mol. The number of rotatable bonds is 4. The van der Waals surface area contributed by atoms with Crippen LogP contribution in [0.15, 0.2) is 18.2 Å². The van der Waals surface area contributed by atoms with Crippen molar-refractivity contribution in [3.8, 4) is 0 Å². The number of amides is 1. The van der Waals surface area contributed by atoms with E-state index in [0.717, 1.165) is 12.1 Å². The quantitative estimate of drug-likeness (QED) is 0.831. The second kappa shape index (κ2) is 5.61. The fourth-order valence-corrected chi connectivity index (χ4v) is 1.48. The van der Waals surface area contributed by atoms with Gasteiger partial charge in [0.15, 0.2) is 0 Å². The van der Waals surface area contributed by atoms with Crippen LogP contribution < -0.4 is 5.73 Å². The van der Waals surface area contributed by atoms with Crippen LogP contribution in [0.1, 0.15) is 29.5 Å². The van der Waals surface area contributed by atoms with Crippen LogP contribution in [0, 0.1) is 6.92 Å². The van der Waals surface area contributed by atoms with Crippen molar-refractivity contribution in [3.05, 3.63) is 29.6 Å². The molecule has 0 aromatic carbocycles. The smallest absolute Gasteiger partial charge is 0.272 e. The standard InChI is InChI=1S/C12H19N3O/c1-9-5-4-6-11(14-9)12(16)15(3)10(2)7-8-13/h4-6,10H,7-8,13H2,1-3H3. The van der Waals surface area contributed by atoms with E-state index in [-0.39, 0.29) is 11.9 Å². The minimum absolute atomic E-state index is 0.0512. The van der Waals surface area contributed by atoms with Crippen LogP contribution in [-0.4, -0.2) is 35.4 Å². The Labute approximate surface area is 96.5 Å². The molecule has 4 nitrogen and oxygen atoms in total. The van der Waals surface area contributed by atoms with E-state index in [1.807, 2.05) is 26.0 Å². The molecule has 0 spiro atoms. The van der Waals surface area contributed by atoms with Gasteiger partial charge in [-0.15, -0.1) is 0 Å². The van der Waals surface area contributed by atoms with Crippen LogP contribution in [0.4, 0.5) is 0 Å². The summed E-state index contributed by atoms with van der Waals surface area (Å²) in [5.41, 5.74) is 6.82. The van der Waals surface area contributed by atoms with Crippen molar-refractivity contribution < 1.29 is 4.79 Å². The Kier molecular flexibility index (Phi) is 4.43. The Balaban J connectivity index is 2.77. The number of carbonyl (C=O) groups excluding carboxylic acids is 1. The second-order valence-electron chi connectivity index (χ2n) is 4.01. The van der Waals surface area contributed by atoms with Crippen LogP contribution in [0.3, 0.4) is 0 Å². The van der Waals surface area contributed by atoms with E-state index in [1.54, 1.807) is 18.0 Å². The van der Waals surface area contributed by atoms with E-state index >= 15 is 0 Å². The first-order valence-electron chi connectivity index (χ1n) is 5.47. The molecule has 0 aliphatic heterocycles. The third-order valence-electron chi connectivity index (χ3n) is 2.67. The van der Waals surface area contributed by atoms with Crippen LogP contribution in [0.2, 0.25) is 0 Å². The molecule has 1 amide bonds. The molecular formula is C12H19N3O. The zero-order valence-electron chi connectivity index (χ0n) is 10.1. The van der Waals surface area contributed by atoms with Gasteiger partial charge < -0.3 is 10.6 Å². The highest BCUT2D eigenvalue weighted by Gasteiger charge is 2.17. The molecule has 1 rings (SSSR count). The summed E-state index contributed by atoms with van der Waals surface area (Å²) < 4.78 is 0. The molecule has 0 aliphatic rings. The van der Waals surface area contributed by atoms with Crippen molar-refractivity contribution in [2.45, 2.75) is 26.3 Å². The number of nitrogens with zero attached hydrogens (tertiary/aromatic N) is 2. The molecule has 0 saturated heterocycles. The summed E-state index contributed by atoms with van der Waals surface area (Å²) in [7, 11) is 1.78. The van der Waals surface area contributed by atoms with Crippen LogP contribution in [0.25, 0.3) is 0 Å². The highest BCUT2D eigenvalue weighted by molar-refractivity contribution is 5.92. The van der Waals surface area contributed by atoms with Crippen LogP contribution in [0.5, 0.6) is 0 Å². The molecule has 0 radical (unpaired) electrons. The van der Waals surface area contributed by atoms with E-state index < -0.39 is 0 Å². The van der Waals surface area contributed by atoms with Gasteiger partial charge >= 0.3 is 0 Å². The Bertz CT molecular complexity index is 365. The molecule has 1 atom stereocenters. The van der Waals surface area contributed by atoms with Gasteiger partial charge in [0, 0.05) is 18.8 Å². The molecule has 1 aromatic heterocycles. The first kappa shape index (κ1) is 12.6. The normalized spacial score (nSPS) is 12.2. The molecular weight excluding hydrogens is 202 g/mol. The number of nitrogens with two attached hydrogens (primary N) is 1. The van der Waals surface area contributed by atoms with Crippen molar-refractivity contribution in [1.82, 2.24) is 9.88 Å². The molecule has 0 aliphatic carbocycles. The summed E-state index contributed by atoms with van der Waals surface area (Å²) in [6.07, 6.45) is 0.800. The van der Waals surface area contributed by atoms with Gasteiger partial charge in [-0.3, -0.25) is 4.79 Å². The van der Waals surface area contributed by atoms with Crippen molar-refractivity contribution in [2.75, 3.05) is 13.6 Å². The Morgan fingerprint density at radius 3 is 2.81 bits per heavy atom. The summed E-state index contributed by atoms with van der Waals surface area (Å²) in [5, 5.41) is 0. The fourth-order valence-electron chi connectivity index (χ4n) is 1.48. The lowest BCUT2D eigenvalue weighted by molar-refractivity contribution is 0.0733. The lowest BCUT2D eigenvalue weighted by Crippen LogP contribution is -2.36. The maximum atomic E-state index is 12.0. The molecule has 1 heterocycles. The highest BCUT2D eigenvalue weighted by Crippen LogP contribution is 2.07. The molecule has 0 saturated carbocycles. The predicted molar refractivity (Wildman–Crippen MR) is 64.2 cm³/mol. The van der Waals surface area contributed by atoms with Gasteiger partial charge in [0.1, 0.15) is 5.69 Å². The Morgan fingerprint density at radius 1 is 1.56 bits per heavy atom. The second-order valence-corrected chi connectivity index (χ2v) is 4.01. The van der Waals surface area contributed by atoms with E-state index in [9.17, 15) is 4.79 Å². The molecule has 1 aromatic rings. The summed E-state index contributed by atoms with van der Waals surface area (Å²) in [4.78, 5) is 17.9. The average Bonchev–Trinajstić information content (AvgIpc) is 2.27. The van der Waals surface area contributed by atoms with E-state index in [0.29, 0.717) is 12.2 Å². The Morgan fingerprint density at radius 2 is 2.25 bits per heavy atom. The van der Waals surface area contributed by atoms with Gasteiger partial charge in [-0.2, -0.15) is 0 Å². The summed E-state index contributed by atoms with van der Waals surface area (Å²) in [6, 6.07) is 5.60. The third-order valence-corrected chi connectivity index (χ3v) is 2.67. The average molecular weight is 221 g/mol. The molecule has 16 heavy (non-hydrogen) atoms. The van der Waals surface area contributed by atoms with E-state index in [2.05, 4.69) is 4.98 Å². The largest absolute Gasteiger partial charge is 0.338 e. The summed E-state index contributed by atoms with van der Waals surface area (Å²) in [6.45, 7) is 4.45. The maximum absolute atomic E-state index is 12.0. The molecule has 88 valence electrons. The molecule has 0 bridgehead atoms. The number of hydrogen-bond donors (Lipinski definition) is 1. The number of aryl methyl sites for hydroxylation is 1. The zero-order valence-corrected chi connectivity index (χ0v) is 10.1. The minimum Gasteiger partial charge on any atom is -0.338 e. The van der Waals surface area contributed by atoms with Crippen molar-refractivity contribution >= 4 is 5.91 Å². The lowest BCUT2D eigenvalue weighted by Gasteiger charge is -2.24. The summed E-state index contributed by atoms with van der Waals surface area (Å²) in [5.74, 6) is -0.0512. The minimum atomic E-state index is -0.0512. The molecule has 0 fully saturated rings. The highest BCUT2D eigenvalue weighted by atomic mass is 16.2. The van der Waals surface area contributed by atoms with Gasteiger partial charge in [-0.25, -0.2) is 4.98 Å². The predicted octanol–water partition coefficient (Wildman–Crippen LogP) is 1.20. The van der Waals surface area contributed by atoms with Crippen molar-refractivity contribution in [2.24, 2.45) is 5.73 Å². The van der Waals surface area contributed by atoms with Gasteiger partial charge in [0.25, 0.3) is 5.91 Å². The zero-order chi connectivity index (χ0) is 12.1. The Hall–Kier alpha value is -1.42. The SMILES string of the molecule is Cc1cccc(C(=O)N(C)C(C)CCN)n1. The van der Waals surface area contributed by atoms with Gasteiger partial charge in [0.05, 0.1) is 0 Å². The number of pyridine rings is 1. The van der Waals surface area contributed by atoms with Crippen molar-refractivity contribution in [3.63, 3.8) is 0 Å². The number of hydrogen-bond acceptors (Lipinski definition) is 3. The van der Waals surface area contributed by atoms with Gasteiger partial charge in [0.2, 0.25) is 0 Å². The maximum Gasteiger partial charge on any atom is 0.272 e. The summed E-state index contributed by atoms with van der Waals surface area (Å²) >= 11 is 0. The molecule has 4 heteroatoms. The van der Waals surface area contributed by atoms with Gasteiger partial charge in [-0.05, 0) is 38.9 Å². The lowest BCUT2D eigenvalue weighted by atomic mass is 10.2. The molecule has 1 unspecified atom stereocenters. The first-order chi connectivity index (χ1) is 7.56. The van der Waals surface area contributed by atoms with Crippen LogP contribution in [-0.2, 0) is 0 Å². The third kappa shape index (κ3) is 3.03. The van der Waals surface area contributed by atoms with Crippen molar-refractivity contribution in [1.29, 1.82) is 0 Å². The first-order valence-corrected chi connectivity index (χ1v) is 5.47. The molecule has 2 N–H and O–H groups in total.